The smallest absolute Gasteiger partial charge is 0.508 e. The van der Waals surface area contributed by atoms with E-state index in [1.807, 2.05) is 49.4 Å². The number of nitriles is 1. The van der Waals surface area contributed by atoms with Crippen LogP contribution in [0, 0.1) is 37.8 Å². The quantitative estimate of drug-likeness (QED) is 0.00779. The molecule has 139 heavy (non-hydrogen) atoms. The summed E-state index contributed by atoms with van der Waals surface area (Å²) in [4.78, 5) is 138. The van der Waals surface area contributed by atoms with Gasteiger partial charge in [0.25, 0.3) is 0 Å². The van der Waals surface area contributed by atoms with Crippen LogP contribution in [0.4, 0.5) is 10.5 Å². The van der Waals surface area contributed by atoms with Crippen LogP contribution in [0.5, 0.6) is 17.2 Å². The summed E-state index contributed by atoms with van der Waals surface area (Å²) in [5.41, 5.74) is 19.9. The van der Waals surface area contributed by atoms with E-state index in [1.165, 1.54) is 73.4 Å². The van der Waals surface area contributed by atoms with Crippen molar-refractivity contribution in [2.45, 2.75) is 250 Å². The number of aromatic hydroxyl groups is 1. The number of hydrogen-bond donors (Lipinski definition) is 3. The zero-order valence-electron chi connectivity index (χ0n) is 85.5. The van der Waals surface area contributed by atoms with Crippen molar-refractivity contribution in [2.75, 3.05) is 39.6 Å². The number of esters is 5. The maximum Gasteiger partial charge on any atom is 1.00 e. The fourth-order valence-corrected chi connectivity index (χ4v) is 11.5. The molecule has 0 saturated carbocycles. The molecule has 0 spiro atoms. The number of thiocarbonyl (C=S) groups is 1. The minimum Gasteiger partial charge on any atom is -0.508 e. The van der Waals surface area contributed by atoms with Crippen LogP contribution in [0.25, 0.3) is 20.1 Å². The summed E-state index contributed by atoms with van der Waals surface area (Å²) in [5, 5.41) is 17.5. The van der Waals surface area contributed by atoms with Gasteiger partial charge in [-0.05, 0) is 260 Å². The van der Waals surface area contributed by atoms with Crippen LogP contribution in [0.3, 0.4) is 0 Å². The van der Waals surface area contributed by atoms with E-state index in [9.17, 15) is 57.5 Å². The Morgan fingerprint density at radius 3 is 1.17 bits per heavy atom. The van der Waals surface area contributed by atoms with Gasteiger partial charge in [0.2, 0.25) is 5.01 Å². The Kier molecular flexibility index (Phi) is 75.5. The van der Waals surface area contributed by atoms with Crippen molar-refractivity contribution >= 4 is 153 Å². The Hall–Kier alpha value is -10.3. The van der Waals surface area contributed by atoms with Gasteiger partial charge in [-0.25, -0.2) is 29.0 Å². The molecule has 1 atom stereocenters. The number of phenolic OH excluding ortho intramolecular Hbond substituents is 1. The van der Waals surface area contributed by atoms with Gasteiger partial charge in [-0.1, -0.05) is 225 Å². The van der Waals surface area contributed by atoms with Crippen LogP contribution in [0.2, 0.25) is 0 Å². The summed E-state index contributed by atoms with van der Waals surface area (Å²) in [6.45, 7) is 64.1. The number of nitrogens with zero attached hydrogens (tertiary/aromatic N) is 4. The van der Waals surface area contributed by atoms with Crippen molar-refractivity contribution in [1.82, 2.24) is 4.98 Å². The summed E-state index contributed by atoms with van der Waals surface area (Å²) >= 11 is 15.6. The van der Waals surface area contributed by atoms with Gasteiger partial charge in [0.05, 0.1) is 79.7 Å². The fourth-order valence-electron chi connectivity index (χ4n) is 9.80. The summed E-state index contributed by atoms with van der Waals surface area (Å²) in [6.07, 6.45) is 0.862. The number of ketones is 6. The number of Topliss-reactive ketones (excluding diaryl/α,β-unsaturated/α-hetero) is 6. The van der Waals surface area contributed by atoms with Crippen molar-refractivity contribution in [3.63, 3.8) is 0 Å². The molecular weight excluding hydrogens is 2040 g/mol. The Morgan fingerprint density at radius 2 is 0.878 bits per heavy atom. The van der Waals surface area contributed by atoms with Crippen LogP contribution in [0.15, 0.2) is 174 Å². The molecule has 0 aliphatic heterocycles. The molecule has 1 aromatic heterocycles. The fraction of sp³-hybridized carbons (Fsp3) is 0.415. The van der Waals surface area contributed by atoms with Crippen molar-refractivity contribution in [3.05, 3.63) is 259 Å². The Labute approximate surface area is 900 Å². The number of nitrogens with two attached hydrogens (primary N) is 2. The third-order valence-electron chi connectivity index (χ3n) is 16.9. The van der Waals surface area contributed by atoms with E-state index in [-0.39, 0.29) is 133 Å². The molecule has 27 nitrogen and oxygen atoms in total. The van der Waals surface area contributed by atoms with E-state index in [0.29, 0.717) is 97.4 Å². The number of ether oxygens (including phenoxy) is 8. The van der Waals surface area contributed by atoms with E-state index in [0.717, 1.165) is 43.7 Å². The van der Waals surface area contributed by atoms with E-state index >= 15 is 0 Å². The second-order valence-corrected chi connectivity index (χ2v) is 37.3. The van der Waals surface area contributed by atoms with Gasteiger partial charge in [-0.2, -0.15) is 10.1 Å². The van der Waals surface area contributed by atoms with Gasteiger partial charge in [-0.3, -0.25) is 35.2 Å². The third kappa shape index (κ3) is 66.9. The van der Waals surface area contributed by atoms with Gasteiger partial charge in [0.1, 0.15) is 51.3 Å². The minimum absolute atomic E-state index is 0. The average molecular weight is 2180 g/mol. The number of aryl methyl sites for hydroxylation is 1. The number of carbonyl (C=O) groups excluding carboxylic acids is 12. The van der Waals surface area contributed by atoms with Crippen LogP contribution in [0.1, 0.15) is 275 Å². The van der Waals surface area contributed by atoms with Crippen LogP contribution in [-0.2, 0) is 89.3 Å². The second kappa shape index (κ2) is 76.5. The normalized spacial score (nSPS) is 10.1. The summed E-state index contributed by atoms with van der Waals surface area (Å²) in [6, 6.07) is 55.3. The van der Waals surface area contributed by atoms with Crippen LogP contribution >= 0.6 is 71.3 Å². The Bertz CT molecular complexity index is 5110. The van der Waals surface area contributed by atoms with Gasteiger partial charge >= 0.3 is 87.3 Å². The number of aromatic nitrogens is 1. The molecule has 752 valence electrons. The van der Waals surface area contributed by atoms with Crippen LogP contribution < -0.4 is 72.3 Å². The largest absolute Gasteiger partial charge is 1.00 e. The predicted octanol–water partition coefficient (Wildman–Crippen LogP) is 21.4. The van der Waals surface area contributed by atoms with E-state index < -0.39 is 33.6 Å². The molecule has 0 aliphatic rings. The number of carbonyl (C=O) groups is 12. The number of hydrogen-bond acceptors (Lipinski definition) is 26. The van der Waals surface area contributed by atoms with Crippen molar-refractivity contribution in [2.24, 2.45) is 11.5 Å². The molecule has 0 bridgehead atoms. The molecule has 8 rings (SSSR count). The molecule has 0 radical (unpaired) electrons. The standard InChI is InChI=1S/C16H19NO2S.C13H15NO3.C13H19NO3.C12H15BrO.C12H16O.C9H11Br.C7H5NO.C6H11BrO2.C5H8O2.C5H7O2.C4H7NO2S.C4H5NO2.K/c1-5-19-16(18)15-17-11(4)14(20-15)13-8-6-12(7-9-13)10(2)3;1-5-16-12(15)13(2,3)17-11-8-6-10(14-4)7-9-11;1-4-16-12(15)13(2,3)17-11-7-5-10(9-14)6-8-11;1-8(2)10-4-6-11(7-5-10)12(13)9(3)14;1-9(2)12-6-4-11(5-7-12)8-10(3)13;1-7(2)8-3-5-9(10)6-4-8;8-5-6-1-3-7(9)4-2-6;1-4-9-5(8)6(2,3)7;2*1-4(6)3-5(2)7;1-2-7-4(6)3(5)8;1-3-7-4(6)5-2;/h6-10H,5H2,1-4H3;6-9H,5H2,1-3H3;5-8H,4,9,14H2,1-3H3;4-8,12H,1-3H3;4-7,9H,8H2,1-3H3;3-7H,1-2H3;1-4,9H;4H2,1-3H3;3H2,1-2H3;3H,1-2H3;2H2,1H3,(H2,5,8);3H2,1H3;/q;;;;;;;;;-1;;;+1. The molecule has 0 aliphatic carbocycles. The zero-order valence-corrected chi connectivity index (χ0v) is 95.0. The van der Waals surface area contributed by atoms with Crippen molar-refractivity contribution < 1.29 is 152 Å². The first kappa shape index (κ1) is 137. The SMILES string of the molecule is CC(=O)C(Br)c1ccc(C(C)C)cc1.CC(=O)CC(C)=O.CC(=O)Cc1ccc(C(C)C)cc1.CC(=O)[CH-]C(C)=O.CC(C)c1ccc(Br)cc1.CCOC(=O)C(C)(C)Br.CCOC(=O)C(C)(C)Oc1ccc(CN)cc1.CCOC(=O)C(N)=S.CCOC(=O)c1nc(C)c(-c2ccc(C(C)C)cc2)s1.N#Cc1ccc(O)cc1.[C-]#[N+]C(=O)OCC.[C-]#[N+]c1ccc(OC(C)(C)C(=O)OCC)cc1.[K+]. The molecule has 1 unspecified atom stereocenters. The predicted molar refractivity (Wildman–Crippen MR) is 559 cm³/mol. The Balaban J connectivity index is -0.000000477. The van der Waals surface area contributed by atoms with Crippen molar-refractivity contribution in [3.8, 4) is 33.8 Å². The second-order valence-electron chi connectivity index (χ2n) is 32.0. The van der Waals surface area contributed by atoms with Gasteiger partial charge in [-0.15, -0.1) is 11.3 Å². The van der Waals surface area contributed by atoms with E-state index in [2.05, 4.69) is 212 Å². The first-order valence-corrected chi connectivity index (χ1v) is 47.8. The monoisotopic (exact) mass is 2170 g/mol. The minimum atomic E-state index is -1.03. The molecular formula is C106H138Br3KN6O21S2. The molecule has 5 N–H and O–H groups in total. The molecule has 7 aromatic carbocycles. The Morgan fingerprint density at radius 1 is 0.518 bits per heavy atom. The summed E-state index contributed by atoms with van der Waals surface area (Å²) in [5.74, 6) is 1.51. The molecule has 33 heteroatoms. The van der Waals surface area contributed by atoms with Crippen molar-refractivity contribution in [1.29, 1.82) is 5.26 Å². The van der Waals surface area contributed by atoms with Gasteiger partial charge < -0.3 is 64.1 Å². The molecule has 0 fully saturated rings. The van der Waals surface area contributed by atoms with E-state index in [4.69, 9.17) is 63.4 Å². The number of phenols is 1. The molecule has 0 saturated heterocycles. The molecule has 1 amide bonds. The number of amides is 1. The number of benzene rings is 7. The van der Waals surface area contributed by atoms with Crippen LogP contribution in [-0.4, -0.2) is 141 Å². The van der Waals surface area contributed by atoms with E-state index in [1.54, 1.807) is 145 Å². The maximum absolute atomic E-state index is 11.7. The first-order valence-electron chi connectivity index (χ1n) is 44.1. The molecule has 8 aromatic rings. The number of halogens is 3. The maximum atomic E-state index is 11.7. The number of thiazole rings is 1. The number of rotatable bonds is 28. The summed E-state index contributed by atoms with van der Waals surface area (Å²) in [7, 11) is 0. The number of alkyl halides is 2. The van der Waals surface area contributed by atoms with Gasteiger partial charge in [0, 0.05) is 29.0 Å². The average Bonchev–Trinajstić information content (AvgIpc) is 1.61. The zero-order chi connectivity index (χ0) is 107. The first-order chi connectivity index (χ1) is 64.4. The van der Waals surface area contributed by atoms with Gasteiger partial charge in [0.15, 0.2) is 21.9 Å². The third-order valence-corrected chi connectivity index (χ3v) is 20.3. The summed E-state index contributed by atoms with van der Waals surface area (Å²) < 4.78 is 39.9. The topological polar surface area (TPSA) is 396 Å². The molecule has 1 heterocycles.